The Hall–Kier alpha value is -3.98. The second-order valence-electron chi connectivity index (χ2n) is 8.84. The number of amides is 2. The smallest absolute Gasteiger partial charge is 0.247 e. The molecule has 0 fully saturated rings. The number of ether oxygens (including phenoxy) is 1. The van der Waals surface area contributed by atoms with Gasteiger partial charge in [-0.15, -0.1) is 5.10 Å². The van der Waals surface area contributed by atoms with E-state index >= 15 is 0 Å². The van der Waals surface area contributed by atoms with Crippen molar-refractivity contribution in [2.45, 2.75) is 38.9 Å². The predicted octanol–water partition coefficient (Wildman–Crippen LogP) is 3.68. The Labute approximate surface area is 210 Å². The molecule has 2 heterocycles. The van der Waals surface area contributed by atoms with Crippen LogP contribution in [0.15, 0.2) is 71.3 Å². The van der Waals surface area contributed by atoms with Crippen LogP contribution < -0.4 is 5.32 Å². The molecule has 1 atom stereocenters. The molecule has 0 saturated carbocycles. The van der Waals surface area contributed by atoms with Crippen molar-refractivity contribution in [1.82, 2.24) is 25.2 Å². The lowest BCUT2D eigenvalue weighted by Crippen LogP contribution is -2.46. The molecule has 2 aromatic heterocycles. The third-order valence-corrected chi connectivity index (χ3v) is 6.06. The first-order chi connectivity index (χ1) is 17.5. The van der Waals surface area contributed by atoms with Crippen molar-refractivity contribution in [3.8, 4) is 0 Å². The second-order valence-corrected chi connectivity index (χ2v) is 8.84. The molecule has 0 aliphatic rings. The van der Waals surface area contributed by atoms with Gasteiger partial charge in [-0.3, -0.25) is 9.59 Å². The molecule has 4 aromatic rings. The van der Waals surface area contributed by atoms with Crippen LogP contribution in [0.5, 0.6) is 0 Å². The number of nitrogens with one attached hydrogen (secondary N) is 1. The monoisotopic (exact) mass is 489 g/mol. The van der Waals surface area contributed by atoms with Crippen molar-refractivity contribution < 1.29 is 18.7 Å². The van der Waals surface area contributed by atoms with Gasteiger partial charge in [0.1, 0.15) is 23.9 Å². The van der Waals surface area contributed by atoms with Gasteiger partial charge in [0, 0.05) is 13.7 Å². The Kier molecular flexibility index (Phi) is 8.12. The van der Waals surface area contributed by atoms with Crippen LogP contribution in [0.25, 0.3) is 11.0 Å². The quantitative estimate of drug-likeness (QED) is 0.345. The maximum absolute atomic E-state index is 13.7. The summed E-state index contributed by atoms with van der Waals surface area (Å²) in [5.74, 6) is 0.392. The average Bonchev–Trinajstić information content (AvgIpc) is 3.55. The standard InChI is InChI=1S/C27H31N5O4/c1-19(2)20-10-12-21(13-11-20)26(27(34)28-17-22-7-6-15-36-22)31(14-16-35-3)25(33)18-32-24-9-5-4-8-23(24)29-30-32/h4-13,15,19,26H,14,16-18H2,1-3H3,(H,28,34)/t26-/m0/s1. The van der Waals surface area contributed by atoms with Gasteiger partial charge in [-0.05, 0) is 41.3 Å². The van der Waals surface area contributed by atoms with E-state index in [1.54, 1.807) is 35.1 Å². The van der Waals surface area contributed by atoms with Crippen molar-refractivity contribution in [2.24, 2.45) is 0 Å². The minimum absolute atomic E-state index is 0.0593. The number of nitrogens with zero attached hydrogens (tertiary/aromatic N) is 4. The summed E-state index contributed by atoms with van der Waals surface area (Å²) in [4.78, 5) is 28.8. The minimum Gasteiger partial charge on any atom is -0.467 e. The van der Waals surface area contributed by atoms with Crippen LogP contribution in [-0.2, 0) is 27.4 Å². The van der Waals surface area contributed by atoms with Crippen LogP contribution in [0.2, 0.25) is 0 Å². The molecule has 4 rings (SSSR count). The summed E-state index contributed by atoms with van der Waals surface area (Å²) in [5.41, 5.74) is 3.31. The summed E-state index contributed by atoms with van der Waals surface area (Å²) in [6, 6.07) is 17.9. The molecule has 9 nitrogen and oxygen atoms in total. The van der Waals surface area contributed by atoms with Crippen molar-refractivity contribution in [3.63, 3.8) is 0 Å². The fourth-order valence-corrected chi connectivity index (χ4v) is 4.06. The highest BCUT2D eigenvalue weighted by atomic mass is 16.5. The third kappa shape index (κ3) is 5.80. The number of para-hydroxylation sites is 1. The van der Waals surface area contributed by atoms with E-state index in [2.05, 4.69) is 29.5 Å². The molecule has 0 aliphatic heterocycles. The van der Waals surface area contributed by atoms with Crippen LogP contribution in [0.4, 0.5) is 0 Å². The van der Waals surface area contributed by atoms with Gasteiger partial charge in [-0.25, -0.2) is 4.68 Å². The maximum atomic E-state index is 13.7. The number of rotatable bonds is 11. The number of hydrogen-bond donors (Lipinski definition) is 1. The van der Waals surface area contributed by atoms with Crippen LogP contribution in [0.1, 0.15) is 42.7 Å². The molecular weight excluding hydrogens is 458 g/mol. The first kappa shape index (κ1) is 25.1. The molecular formula is C27H31N5O4. The topological polar surface area (TPSA) is 102 Å². The fraction of sp³-hybridized carbons (Fsp3) is 0.333. The number of hydrogen-bond acceptors (Lipinski definition) is 6. The van der Waals surface area contributed by atoms with E-state index in [9.17, 15) is 9.59 Å². The van der Waals surface area contributed by atoms with Crippen LogP contribution in [0, 0.1) is 0 Å². The molecule has 36 heavy (non-hydrogen) atoms. The zero-order valence-electron chi connectivity index (χ0n) is 20.8. The van der Waals surface area contributed by atoms with Gasteiger partial charge in [0.25, 0.3) is 0 Å². The van der Waals surface area contributed by atoms with Gasteiger partial charge in [0.15, 0.2) is 0 Å². The first-order valence-corrected chi connectivity index (χ1v) is 11.9. The highest BCUT2D eigenvalue weighted by Gasteiger charge is 2.32. The van der Waals surface area contributed by atoms with Gasteiger partial charge in [-0.2, -0.15) is 0 Å². The molecule has 0 aliphatic carbocycles. The fourth-order valence-electron chi connectivity index (χ4n) is 4.06. The highest BCUT2D eigenvalue weighted by Crippen LogP contribution is 2.25. The molecule has 188 valence electrons. The number of carbonyl (C=O) groups excluding carboxylic acids is 2. The van der Waals surface area contributed by atoms with Gasteiger partial charge >= 0.3 is 0 Å². The molecule has 0 spiro atoms. The Bertz CT molecular complexity index is 1280. The predicted molar refractivity (Wildman–Crippen MR) is 135 cm³/mol. The van der Waals surface area contributed by atoms with E-state index in [0.717, 1.165) is 11.1 Å². The Morgan fingerprint density at radius 1 is 1.06 bits per heavy atom. The van der Waals surface area contributed by atoms with Crippen molar-refractivity contribution in [3.05, 3.63) is 83.8 Å². The van der Waals surface area contributed by atoms with E-state index in [1.165, 1.54) is 0 Å². The zero-order valence-corrected chi connectivity index (χ0v) is 20.8. The van der Waals surface area contributed by atoms with E-state index in [4.69, 9.17) is 9.15 Å². The zero-order chi connectivity index (χ0) is 25.5. The van der Waals surface area contributed by atoms with Gasteiger partial charge in [0.05, 0.1) is 24.9 Å². The van der Waals surface area contributed by atoms with E-state index in [1.807, 2.05) is 48.5 Å². The summed E-state index contributed by atoms with van der Waals surface area (Å²) in [6.45, 7) is 4.88. The van der Waals surface area contributed by atoms with Crippen molar-refractivity contribution in [2.75, 3.05) is 20.3 Å². The van der Waals surface area contributed by atoms with Gasteiger partial charge in [-0.1, -0.05) is 55.5 Å². The molecule has 2 amide bonds. The summed E-state index contributed by atoms with van der Waals surface area (Å²) >= 11 is 0. The summed E-state index contributed by atoms with van der Waals surface area (Å²) in [7, 11) is 1.57. The number of methoxy groups -OCH3 is 1. The molecule has 0 unspecified atom stereocenters. The van der Waals surface area contributed by atoms with E-state index < -0.39 is 6.04 Å². The molecule has 0 radical (unpaired) electrons. The Morgan fingerprint density at radius 2 is 1.81 bits per heavy atom. The number of fused-ring (bicyclic) bond motifs is 1. The summed E-state index contributed by atoms with van der Waals surface area (Å²) in [6.07, 6.45) is 1.56. The van der Waals surface area contributed by atoms with E-state index in [0.29, 0.717) is 22.8 Å². The summed E-state index contributed by atoms with van der Waals surface area (Å²) < 4.78 is 12.2. The molecule has 1 N–H and O–H groups in total. The van der Waals surface area contributed by atoms with Crippen LogP contribution in [-0.4, -0.2) is 52.0 Å². The lowest BCUT2D eigenvalue weighted by molar-refractivity contribution is -0.142. The lowest BCUT2D eigenvalue weighted by Gasteiger charge is -2.31. The Morgan fingerprint density at radius 3 is 2.50 bits per heavy atom. The minimum atomic E-state index is -0.862. The molecule has 2 aromatic carbocycles. The molecule has 9 heteroatoms. The number of carbonyl (C=O) groups is 2. The SMILES string of the molecule is COCCN(C(=O)Cn1nnc2ccccc21)[C@H](C(=O)NCc1ccco1)c1ccc(C(C)C)cc1. The maximum Gasteiger partial charge on any atom is 0.247 e. The molecule has 0 bridgehead atoms. The van der Waals surface area contributed by atoms with Crippen molar-refractivity contribution >= 4 is 22.8 Å². The number of benzene rings is 2. The average molecular weight is 490 g/mol. The van der Waals surface area contributed by atoms with E-state index in [-0.39, 0.29) is 38.1 Å². The van der Waals surface area contributed by atoms with Gasteiger partial charge < -0.3 is 19.4 Å². The van der Waals surface area contributed by atoms with Gasteiger partial charge in [0.2, 0.25) is 11.8 Å². The van der Waals surface area contributed by atoms with Crippen molar-refractivity contribution in [1.29, 1.82) is 0 Å². The number of aromatic nitrogens is 3. The lowest BCUT2D eigenvalue weighted by atomic mass is 9.97. The summed E-state index contributed by atoms with van der Waals surface area (Å²) in [5, 5.41) is 11.2. The van der Waals surface area contributed by atoms with Crippen LogP contribution >= 0.6 is 0 Å². The Balaban J connectivity index is 1.65. The largest absolute Gasteiger partial charge is 0.467 e. The highest BCUT2D eigenvalue weighted by molar-refractivity contribution is 5.89. The number of furan rings is 1. The third-order valence-electron chi connectivity index (χ3n) is 6.06. The second kappa shape index (κ2) is 11.6. The first-order valence-electron chi connectivity index (χ1n) is 11.9. The molecule has 0 saturated heterocycles. The van der Waals surface area contributed by atoms with Crippen LogP contribution in [0.3, 0.4) is 0 Å². The normalized spacial score (nSPS) is 12.1.